The van der Waals surface area contributed by atoms with Crippen molar-refractivity contribution in [1.82, 2.24) is 0 Å². The van der Waals surface area contributed by atoms with Crippen LogP contribution < -0.4 is 5.32 Å². The molecule has 0 aliphatic rings. The van der Waals surface area contributed by atoms with Crippen LogP contribution in [0.4, 0.5) is 5.69 Å². The van der Waals surface area contributed by atoms with Crippen molar-refractivity contribution < 1.29 is 0 Å². The average Bonchev–Trinajstić information content (AvgIpc) is 2.13. The van der Waals surface area contributed by atoms with Gasteiger partial charge < -0.3 is 5.32 Å². The van der Waals surface area contributed by atoms with Crippen molar-refractivity contribution in [3.05, 3.63) is 38.8 Å². The molecule has 1 aromatic carbocycles. The third kappa shape index (κ3) is 3.94. The molecule has 0 atom stereocenters. The van der Waals surface area contributed by atoms with Gasteiger partial charge in [0.1, 0.15) is 0 Å². The van der Waals surface area contributed by atoms with E-state index in [-0.39, 0.29) is 0 Å². The molecule has 1 N–H and O–H groups in total. The third-order valence-electron chi connectivity index (χ3n) is 1.81. The van der Waals surface area contributed by atoms with Gasteiger partial charge in [-0.25, -0.2) is 0 Å². The second-order valence-electron chi connectivity index (χ2n) is 3.41. The molecular weight excluding hydrogens is 252 g/mol. The average molecular weight is 265 g/mol. The maximum Gasteiger partial charge on any atom is 0.0653 e. The summed E-state index contributed by atoms with van der Waals surface area (Å²) in [5, 5.41) is 4.70. The molecular formula is C11H12Cl3N. The zero-order valence-electron chi connectivity index (χ0n) is 8.57. The van der Waals surface area contributed by atoms with Gasteiger partial charge in [0.05, 0.1) is 20.8 Å². The van der Waals surface area contributed by atoms with Crippen molar-refractivity contribution in [2.75, 3.05) is 11.9 Å². The van der Waals surface area contributed by atoms with E-state index in [4.69, 9.17) is 34.8 Å². The van der Waals surface area contributed by atoms with E-state index in [0.717, 1.165) is 12.2 Å². The van der Waals surface area contributed by atoms with Crippen molar-refractivity contribution in [2.24, 2.45) is 0 Å². The van der Waals surface area contributed by atoms with Gasteiger partial charge in [-0.2, -0.15) is 0 Å². The summed E-state index contributed by atoms with van der Waals surface area (Å²) in [5.41, 5.74) is 2.04. The summed E-state index contributed by atoms with van der Waals surface area (Å²) >= 11 is 17.7. The molecule has 0 amide bonds. The second-order valence-corrected chi connectivity index (χ2v) is 4.63. The molecule has 0 heterocycles. The summed E-state index contributed by atoms with van der Waals surface area (Å²) < 4.78 is 0. The predicted octanol–water partition coefficient (Wildman–Crippen LogP) is 5.02. The van der Waals surface area contributed by atoms with Crippen LogP contribution in [0.2, 0.25) is 15.1 Å². The maximum absolute atomic E-state index is 5.99. The van der Waals surface area contributed by atoms with E-state index in [2.05, 4.69) is 11.4 Å². The number of nitrogens with one attached hydrogen (secondary N) is 1. The molecule has 0 aliphatic carbocycles. The SMILES string of the molecule is CC(C)=CCNc1cc(Cl)c(Cl)cc1Cl. The number of rotatable bonds is 3. The quantitative estimate of drug-likeness (QED) is 0.597. The van der Waals surface area contributed by atoms with Crippen molar-refractivity contribution in [3.8, 4) is 0 Å². The molecule has 0 aliphatic heterocycles. The fraction of sp³-hybridized carbons (Fsp3) is 0.273. The standard InChI is InChI=1S/C11H12Cl3N/c1-7(2)3-4-15-11-6-9(13)8(12)5-10(11)14/h3,5-6,15H,4H2,1-2H3. The Morgan fingerprint density at radius 3 is 2.33 bits per heavy atom. The van der Waals surface area contributed by atoms with Crippen LogP contribution in [-0.2, 0) is 0 Å². The van der Waals surface area contributed by atoms with Gasteiger partial charge in [-0.15, -0.1) is 0 Å². The first kappa shape index (κ1) is 12.7. The van der Waals surface area contributed by atoms with Crippen LogP contribution in [0.25, 0.3) is 0 Å². The lowest BCUT2D eigenvalue weighted by molar-refractivity contribution is 1.26. The number of hydrogen-bond acceptors (Lipinski definition) is 1. The zero-order chi connectivity index (χ0) is 11.4. The molecule has 1 nitrogen and oxygen atoms in total. The van der Waals surface area contributed by atoms with E-state index < -0.39 is 0 Å². The molecule has 0 saturated carbocycles. The highest BCUT2D eigenvalue weighted by atomic mass is 35.5. The fourth-order valence-corrected chi connectivity index (χ4v) is 1.64. The van der Waals surface area contributed by atoms with Crippen molar-refractivity contribution in [3.63, 3.8) is 0 Å². The molecule has 0 unspecified atom stereocenters. The largest absolute Gasteiger partial charge is 0.380 e. The summed E-state index contributed by atoms with van der Waals surface area (Å²) in [6, 6.07) is 3.36. The second kappa shape index (κ2) is 5.64. The van der Waals surface area contributed by atoms with Crippen LogP contribution in [-0.4, -0.2) is 6.54 Å². The van der Waals surface area contributed by atoms with Crippen LogP contribution in [0.5, 0.6) is 0 Å². The van der Waals surface area contributed by atoms with E-state index >= 15 is 0 Å². The fourth-order valence-electron chi connectivity index (χ4n) is 1.02. The molecule has 1 rings (SSSR count). The first-order chi connectivity index (χ1) is 7.00. The number of hydrogen-bond donors (Lipinski definition) is 1. The van der Waals surface area contributed by atoms with Crippen LogP contribution in [0.1, 0.15) is 13.8 Å². The molecule has 0 spiro atoms. The highest BCUT2D eigenvalue weighted by molar-refractivity contribution is 6.44. The van der Waals surface area contributed by atoms with Crippen molar-refractivity contribution in [1.29, 1.82) is 0 Å². The van der Waals surface area contributed by atoms with E-state index in [1.165, 1.54) is 5.57 Å². The van der Waals surface area contributed by atoms with Crippen molar-refractivity contribution in [2.45, 2.75) is 13.8 Å². The molecule has 0 saturated heterocycles. The maximum atomic E-state index is 5.99. The van der Waals surface area contributed by atoms with Crippen molar-refractivity contribution >= 4 is 40.5 Å². The van der Waals surface area contributed by atoms with Gasteiger partial charge in [-0.3, -0.25) is 0 Å². The molecule has 0 radical (unpaired) electrons. The lowest BCUT2D eigenvalue weighted by Crippen LogP contribution is -1.99. The summed E-state index contributed by atoms with van der Waals surface area (Å²) in [5.74, 6) is 0. The normalized spacial score (nSPS) is 9.93. The molecule has 4 heteroatoms. The topological polar surface area (TPSA) is 12.0 Å². The Morgan fingerprint density at radius 1 is 1.13 bits per heavy atom. The lowest BCUT2D eigenvalue weighted by Gasteiger charge is -2.07. The minimum absolute atomic E-state index is 0.467. The van der Waals surface area contributed by atoms with Crippen LogP contribution in [0, 0.1) is 0 Å². The molecule has 82 valence electrons. The smallest absolute Gasteiger partial charge is 0.0653 e. The summed E-state index contributed by atoms with van der Waals surface area (Å²) in [6.45, 7) is 4.80. The Hall–Kier alpha value is -0.370. The molecule has 15 heavy (non-hydrogen) atoms. The van der Waals surface area contributed by atoms with Gasteiger partial charge in [0.25, 0.3) is 0 Å². The summed E-state index contributed by atoms with van der Waals surface area (Å²) in [6.07, 6.45) is 2.07. The van der Waals surface area contributed by atoms with Crippen LogP contribution in [0.15, 0.2) is 23.8 Å². The van der Waals surface area contributed by atoms with Gasteiger partial charge in [-0.1, -0.05) is 46.5 Å². The van der Waals surface area contributed by atoms with E-state index in [1.54, 1.807) is 12.1 Å². The third-order valence-corrected chi connectivity index (χ3v) is 2.85. The highest BCUT2D eigenvalue weighted by Crippen LogP contribution is 2.32. The molecule has 0 fully saturated rings. The van der Waals surface area contributed by atoms with E-state index in [1.807, 2.05) is 13.8 Å². The first-order valence-corrected chi connectivity index (χ1v) is 5.66. The Bertz CT molecular complexity index is 382. The Kier molecular flexibility index (Phi) is 4.78. The minimum Gasteiger partial charge on any atom is -0.380 e. The number of halogens is 3. The van der Waals surface area contributed by atoms with Crippen LogP contribution in [0.3, 0.4) is 0 Å². The Balaban J connectivity index is 2.77. The lowest BCUT2D eigenvalue weighted by atomic mass is 10.3. The van der Waals surface area contributed by atoms with Crippen LogP contribution >= 0.6 is 34.8 Å². The summed E-state index contributed by atoms with van der Waals surface area (Å²) in [7, 11) is 0. The molecule has 1 aromatic rings. The predicted molar refractivity (Wildman–Crippen MR) is 69.4 cm³/mol. The monoisotopic (exact) mass is 263 g/mol. The van der Waals surface area contributed by atoms with E-state index in [0.29, 0.717) is 15.1 Å². The molecule has 0 bridgehead atoms. The minimum atomic E-state index is 0.467. The number of allylic oxidation sites excluding steroid dienone is 1. The van der Waals surface area contributed by atoms with Gasteiger partial charge in [0.2, 0.25) is 0 Å². The highest BCUT2D eigenvalue weighted by Gasteiger charge is 2.04. The van der Waals surface area contributed by atoms with E-state index in [9.17, 15) is 0 Å². The first-order valence-electron chi connectivity index (χ1n) is 4.52. The number of benzene rings is 1. The Morgan fingerprint density at radius 2 is 1.73 bits per heavy atom. The van der Waals surface area contributed by atoms with Gasteiger partial charge in [-0.05, 0) is 26.0 Å². The molecule has 0 aromatic heterocycles. The van der Waals surface area contributed by atoms with Gasteiger partial charge in [0, 0.05) is 6.54 Å². The zero-order valence-corrected chi connectivity index (χ0v) is 10.8. The van der Waals surface area contributed by atoms with Gasteiger partial charge >= 0.3 is 0 Å². The summed E-state index contributed by atoms with van der Waals surface area (Å²) in [4.78, 5) is 0. The number of anilines is 1. The Labute approximate surface area is 105 Å². The van der Waals surface area contributed by atoms with Gasteiger partial charge in [0.15, 0.2) is 0 Å².